The van der Waals surface area contributed by atoms with Gasteiger partial charge in [-0.2, -0.15) is 0 Å². The highest BCUT2D eigenvalue weighted by Crippen LogP contribution is 2.49. The molecule has 0 aromatic carbocycles. The molecule has 86 valence electrons. The molecular weight excluding hydrogens is 222 g/mol. The summed E-state index contributed by atoms with van der Waals surface area (Å²) < 4.78 is 0. The van der Waals surface area contributed by atoms with Gasteiger partial charge in [0.1, 0.15) is 0 Å². The lowest BCUT2D eigenvalue weighted by Gasteiger charge is -2.39. The van der Waals surface area contributed by atoms with Gasteiger partial charge in [0.05, 0.1) is 17.1 Å². The first kappa shape index (κ1) is 10.3. The fourth-order valence-electron chi connectivity index (χ4n) is 2.47. The molecule has 0 atom stereocenters. The maximum Gasteiger partial charge on any atom is 0.304 e. The number of carbonyl (C=O) groups is 1. The summed E-state index contributed by atoms with van der Waals surface area (Å²) in [6.45, 7) is 0. The van der Waals surface area contributed by atoms with E-state index >= 15 is 0 Å². The smallest absolute Gasteiger partial charge is 0.304 e. The summed E-state index contributed by atoms with van der Waals surface area (Å²) >= 11 is 1.72. The standard InChI is InChI=1S/C12H15NO2S/c14-10(15)6-12(4-1-5-12)9-7-16-11(13-9)8-2-3-8/h7-8H,1-6H2,(H,14,15). The third-order valence-corrected chi connectivity index (χ3v) is 4.80. The quantitative estimate of drug-likeness (QED) is 0.876. The van der Waals surface area contributed by atoms with Gasteiger partial charge in [0.25, 0.3) is 0 Å². The van der Waals surface area contributed by atoms with Crippen LogP contribution in [0.15, 0.2) is 5.38 Å². The molecule has 0 aliphatic heterocycles. The number of thiazole rings is 1. The molecule has 0 radical (unpaired) electrons. The molecule has 2 fully saturated rings. The number of carboxylic acids is 1. The zero-order valence-corrected chi connectivity index (χ0v) is 9.92. The highest BCUT2D eigenvalue weighted by molar-refractivity contribution is 7.09. The topological polar surface area (TPSA) is 50.2 Å². The number of nitrogens with zero attached hydrogens (tertiary/aromatic N) is 1. The van der Waals surface area contributed by atoms with E-state index in [0.29, 0.717) is 5.92 Å². The molecule has 0 unspecified atom stereocenters. The first-order valence-corrected chi connectivity index (χ1v) is 6.75. The Morgan fingerprint density at radius 2 is 2.31 bits per heavy atom. The molecule has 3 rings (SSSR count). The fourth-order valence-corrected chi connectivity index (χ4v) is 3.58. The Hall–Kier alpha value is -0.900. The minimum Gasteiger partial charge on any atom is -0.481 e. The van der Waals surface area contributed by atoms with Gasteiger partial charge < -0.3 is 5.11 Å². The Kier molecular flexibility index (Phi) is 2.28. The van der Waals surface area contributed by atoms with E-state index in [0.717, 1.165) is 25.0 Å². The predicted molar refractivity (Wildman–Crippen MR) is 61.9 cm³/mol. The third-order valence-electron chi connectivity index (χ3n) is 3.79. The van der Waals surface area contributed by atoms with Crippen LogP contribution in [0.2, 0.25) is 0 Å². The van der Waals surface area contributed by atoms with Crippen LogP contribution < -0.4 is 0 Å². The highest BCUT2D eigenvalue weighted by atomic mass is 32.1. The summed E-state index contributed by atoms with van der Waals surface area (Å²) in [7, 11) is 0. The van der Waals surface area contributed by atoms with Crippen LogP contribution in [0.5, 0.6) is 0 Å². The van der Waals surface area contributed by atoms with E-state index in [1.54, 1.807) is 11.3 Å². The second-order valence-electron chi connectivity index (χ2n) is 5.05. The van der Waals surface area contributed by atoms with Crippen molar-refractivity contribution in [3.63, 3.8) is 0 Å². The van der Waals surface area contributed by atoms with E-state index in [9.17, 15) is 4.79 Å². The van der Waals surface area contributed by atoms with Crippen molar-refractivity contribution < 1.29 is 9.90 Å². The van der Waals surface area contributed by atoms with Gasteiger partial charge in [-0.05, 0) is 25.7 Å². The SMILES string of the molecule is O=C(O)CC1(c2csc(C3CC3)n2)CCC1. The van der Waals surface area contributed by atoms with Crippen LogP contribution in [0.25, 0.3) is 0 Å². The number of carboxylic acid groups (broad SMARTS) is 1. The second-order valence-corrected chi connectivity index (χ2v) is 5.94. The summed E-state index contributed by atoms with van der Waals surface area (Å²) in [5, 5.41) is 12.3. The van der Waals surface area contributed by atoms with Crippen LogP contribution in [-0.4, -0.2) is 16.1 Å². The molecule has 2 saturated carbocycles. The van der Waals surface area contributed by atoms with Crippen LogP contribution >= 0.6 is 11.3 Å². The van der Waals surface area contributed by atoms with Crippen LogP contribution in [0.4, 0.5) is 0 Å². The molecule has 0 spiro atoms. The van der Waals surface area contributed by atoms with Gasteiger partial charge in [-0.3, -0.25) is 4.79 Å². The monoisotopic (exact) mass is 237 g/mol. The molecule has 0 saturated heterocycles. The maximum atomic E-state index is 10.9. The van der Waals surface area contributed by atoms with Crippen molar-refractivity contribution in [1.82, 2.24) is 4.98 Å². The average molecular weight is 237 g/mol. The fraction of sp³-hybridized carbons (Fsp3) is 0.667. The Balaban J connectivity index is 1.84. The molecule has 16 heavy (non-hydrogen) atoms. The molecule has 4 heteroatoms. The van der Waals surface area contributed by atoms with E-state index in [1.165, 1.54) is 17.8 Å². The predicted octanol–water partition coefficient (Wildman–Crippen LogP) is 2.92. The van der Waals surface area contributed by atoms with Crippen molar-refractivity contribution in [1.29, 1.82) is 0 Å². The first-order valence-electron chi connectivity index (χ1n) is 5.87. The largest absolute Gasteiger partial charge is 0.481 e. The van der Waals surface area contributed by atoms with E-state index in [4.69, 9.17) is 5.11 Å². The van der Waals surface area contributed by atoms with Crippen molar-refractivity contribution >= 4 is 17.3 Å². The molecule has 1 heterocycles. The zero-order chi connectivity index (χ0) is 11.2. The van der Waals surface area contributed by atoms with Gasteiger partial charge >= 0.3 is 5.97 Å². The van der Waals surface area contributed by atoms with Crippen LogP contribution in [-0.2, 0) is 10.2 Å². The highest BCUT2D eigenvalue weighted by Gasteiger charge is 2.43. The summed E-state index contributed by atoms with van der Waals surface area (Å²) in [6, 6.07) is 0. The molecule has 2 aliphatic carbocycles. The van der Waals surface area contributed by atoms with Crippen molar-refractivity contribution in [3.05, 3.63) is 16.1 Å². The van der Waals surface area contributed by atoms with Crippen molar-refractivity contribution in [2.75, 3.05) is 0 Å². The van der Waals surface area contributed by atoms with Gasteiger partial charge in [-0.1, -0.05) is 6.42 Å². The molecular formula is C12H15NO2S. The minimum atomic E-state index is -0.694. The Bertz CT molecular complexity index is 418. The Morgan fingerprint density at radius 3 is 2.81 bits per heavy atom. The Labute approximate surface area is 98.5 Å². The van der Waals surface area contributed by atoms with Crippen LogP contribution in [0, 0.1) is 0 Å². The minimum absolute atomic E-state index is 0.129. The average Bonchev–Trinajstić information content (AvgIpc) is 2.91. The number of aliphatic carboxylic acids is 1. The molecule has 0 amide bonds. The molecule has 2 aliphatic rings. The second kappa shape index (κ2) is 3.55. The molecule has 1 aromatic rings. The van der Waals surface area contributed by atoms with E-state index in [2.05, 4.69) is 10.4 Å². The van der Waals surface area contributed by atoms with Crippen molar-refractivity contribution in [2.45, 2.75) is 49.9 Å². The lowest BCUT2D eigenvalue weighted by atomic mass is 9.65. The lowest BCUT2D eigenvalue weighted by molar-refractivity contribution is -0.139. The maximum absolute atomic E-state index is 10.9. The summed E-state index contributed by atoms with van der Waals surface area (Å²) in [6.07, 6.45) is 5.91. The van der Waals surface area contributed by atoms with Crippen molar-refractivity contribution in [2.24, 2.45) is 0 Å². The molecule has 0 bridgehead atoms. The van der Waals surface area contributed by atoms with Crippen LogP contribution in [0.1, 0.15) is 55.1 Å². The molecule has 1 aromatic heterocycles. The van der Waals surface area contributed by atoms with E-state index < -0.39 is 5.97 Å². The summed E-state index contributed by atoms with van der Waals surface area (Å²) in [5.41, 5.74) is 0.920. The normalized spacial score (nSPS) is 22.8. The van der Waals surface area contributed by atoms with Gasteiger partial charge in [0.2, 0.25) is 0 Å². The number of hydrogen-bond acceptors (Lipinski definition) is 3. The van der Waals surface area contributed by atoms with Crippen LogP contribution in [0.3, 0.4) is 0 Å². The van der Waals surface area contributed by atoms with Gasteiger partial charge in [0, 0.05) is 16.7 Å². The number of rotatable bonds is 4. The van der Waals surface area contributed by atoms with E-state index in [1.807, 2.05) is 0 Å². The molecule has 1 N–H and O–H groups in total. The summed E-state index contributed by atoms with van der Waals surface area (Å²) in [5.74, 6) is -0.0126. The molecule has 3 nitrogen and oxygen atoms in total. The van der Waals surface area contributed by atoms with Gasteiger partial charge in [-0.25, -0.2) is 4.98 Å². The number of hydrogen-bond donors (Lipinski definition) is 1. The van der Waals surface area contributed by atoms with Crippen molar-refractivity contribution in [3.8, 4) is 0 Å². The lowest BCUT2D eigenvalue weighted by Crippen LogP contribution is -2.36. The first-order chi connectivity index (χ1) is 7.70. The van der Waals surface area contributed by atoms with Gasteiger partial charge in [0.15, 0.2) is 0 Å². The van der Waals surface area contributed by atoms with E-state index in [-0.39, 0.29) is 11.8 Å². The van der Waals surface area contributed by atoms with Gasteiger partial charge in [-0.15, -0.1) is 11.3 Å². The third kappa shape index (κ3) is 1.65. The number of aromatic nitrogens is 1. The zero-order valence-electron chi connectivity index (χ0n) is 9.11. The summed E-state index contributed by atoms with van der Waals surface area (Å²) in [4.78, 5) is 15.6. The Morgan fingerprint density at radius 1 is 1.56 bits per heavy atom.